The molecule has 0 heterocycles. The van der Waals surface area contributed by atoms with Crippen molar-refractivity contribution < 1.29 is 0 Å². The van der Waals surface area contributed by atoms with Crippen molar-refractivity contribution >= 4 is 0 Å². The Morgan fingerprint density at radius 1 is 1.06 bits per heavy atom. The van der Waals surface area contributed by atoms with Gasteiger partial charge in [-0.15, -0.1) is 0 Å². The van der Waals surface area contributed by atoms with E-state index in [1.807, 2.05) is 0 Å². The van der Waals surface area contributed by atoms with Gasteiger partial charge in [0.25, 0.3) is 0 Å². The molecule has 0 aromatic heterocycles. The van der Waals surface area contributed by atoms with E-state index in [9.17, 15) is 0 Å². The van der Waals surface area contributed by atoms with Crippen LogP contribution < -0.4 is 5.32 Å². The molecule has 0 radical (unpaired) electrons. The maximum absolute atomic E-state index is 3.95. The summed E-state index contributed by atoms with van der Waals surface area (Å²) >= 11 is 0. The second-order valence-corrected chi connectivity index (χ2v) is 8.21. The van der Waals surface area contributed by atoms with E-state index in [2.05, 4.69) is 33.0 Å². The van der Waals surface area contributed by atoms with Gasteiger partial charge in [-0.25, -0.2) is 0 Å². The molecular formula is C16H29N. The van der Waals surface area contributed by atoms with Gasteiger partial charge < -0.3 is 5.32 Å². The quantitative estimate of drug-likeness (QED) is 0.780. The molecule has 3 atom stereocenters. The first-order valence-corrected chi connectivity index (χ1v) is 7.61. The van der Waals surface area contributed by atoms with Crippen LogP contribution in [0.15, 0.2) is 0 Å². The number of fused-ring (bicyclic) bond motifs is 2. The molecule has 0 spiro atoms. The highest BCUT2D eigenvalue weighted by Crippen LogP contribution is 2.65. The zero-order valence-corrected chi connectivity index (χ0v) is 12.1. The number of rotatable bonds is 3. The summed E-state index contributed by atoms with van der Waals surface area (Å²) in [7, 11) is 0. The fourth-order valence-electron chi connectivity index (χ4n) is 4.84. The van der Waals surface area contributed by atoms with E-state index in [4.69, 9.17) is 0 Å². The van der Waals surface area contributed by atoms with Crippen LogP contribution >= 0.6 is 0 Å². The molecule has 98 valence electrons. The van der Waals surface area contributed by atoms with Crippen LogP contribution in [0.5, 0.6) is 0 Å². The first kappa shape index (κ1) is 12.0. The van der Waals surface area contributed by atoms with Crippen molar-refractivity contribution in [3.05, 3.63) is 0 Å². The fourth-order valence-corrected chi connectivity index (χ4v) is 4.84. The zero-order chi connectivity index (χ0) is 12.3. The largest absolute Gasteiger partial charge is 0.313 e. The third-order valence-corrected chi connectivity index (χ3v) is 7.13. The van der Waals surface area contributed by atoms with Crippen LogP contribution in [0.25, 0.3) is 0 Å². The van der Waals surface area contributed by atoms with Crippen LogP contribution in [0.2, 0.25) is 0 Å². The molecule has 0 aromatic carbocycles. The van der Waals surface area contributed by atoms with Gasteiger partial charge in [-0.1, -0.05) is 34.1 Å². The Morgan fingerprint density at radius 2 is 1.76 bits per heavy atom. The average molecular weight is 235 g/mol. The van der Waals surface area contributed by atoms with Gasteiger partial charge in [0.05, 0.1) is 0 Å². The van der Waals surface area contributed by atoms with Gasteiger partial charge in [0, 0.05) is 12.6 Å². The molecule has 0 aromatic rings. The second-order valence-electron chi connectivity index (χ2n) is 8.21. The minimum Gasteiger partial charge on any atom is -0.313 e. The van der Waals surface area contributed by atoms with Crippen molar-refractivity contribution in [2.75, 3.05) is 6.54 Å². The van der Waals surface area contributed by atoms with Gasteiger partial charge in [0.2, 0.25) is 0 Å². The van der Waals surface area contributed by atoms with Gasteiger partial charge in [0.1, 0.15) is 0 Å². The van der Waals surface area contributed by atoms with E-state index >= 15 is 0 Å². The Morgan fingerprint density at radius 3 is 2.18 bits per heavy atom. The average Bonchev–Trinajstić information content (AvgIpc) is 2.56. The highest BCUT2D eigenvalue weighted by atomic mass is 15.0. The minimum atomic E-state index is 0.553. The summed E-state index contributed by atoms with van der Waals surface area (Å²) in [6.07, 6.45) is 8.68. The van der Waals surface area contributed by atoms with Gasteiger partial charge in [0.15, 0.2) is 0 Å². The van der Waals surface area contributed by atoms with E-state index in [1.165, 1.54) is 45.1 Å². The van der Waals surface area contributed by atoms with Crippen molar-refractivity contribution in [2.24, 2.45) is 22.2 Å². The summed E-state index contributed by atoms with van der Waals surface area (Å²) in [6.45, 7) is 11.3. The SMILES string of the molecule is CC1(CNC2CC3CCC2(C)C3(C)C)CCC1. The van der Waals surface area contributed by atoms with Crippen molar-refractivity contribution in [2.45, 2.75) is 72.3 Å². The number of nitrogens with one attached hydrogen (secondary N) is 1. The molecule has 3 rings (SSSR count). The summed E-state index contributed by atoms with van der Waals surface area (Å²) in [4.78, 5) is 0. The van der Waals surface area contributed by atoms with Gasteiger partial charge in [-0.05, 0) is 54.3 Å². The van der Waals surface area contributed by atoms with Gasteiger partial charge in [-0.3, -0.25) is 0 Å². The lowest BCUT2D eigenvalue weighted by molar-refractivity contribution is 0.0957. The second kappa shape index (κ2) is 3.50. The normalized spacial score (nSPS) is 45.9. The van der Waals surface area contributed by atoms with Crippen LogP contribution in [0, 0.1) is 22.2 Å². The first-order valence-electron chi connectivity index (χ1n) is 7.61. The van der Waals surface area contributed by atoms with E-state index in [0.29, 0.717) is 16.2 Å². The monoisotopic (exact) mass is 235 g/mol. The molecule has 2 bridgehead atoms. The van der Waals surface area contributed by atoms with Crippen molar-refractivity contribution in [1.29, 1.82) is 0 Å². The van der Waals surface area contributed by atoms with E-state index < -0.39 is 0 Å². The van der Waals surface area contributed by atoms with Crippen LogP contribution in [0.4, 0.5) is 0 Å². The van der Waals surface area contributed by atoms with Gasteiger partial charge in [-0.2, -0.15) is 0 Å². The standard InChI is InChI=1S/C16H29N/c1-14(2)12-6-9-16(14,4)13(10-12)17-11-15(3)7-5-8-15/h12-13,17H,5-11H2,1-4H3. The molecular weight excluding hydrogens is 206 g/mol. The fraction of sp³-hybridized carbons (Fsp3) is 1.00. The molecule has 3 unspecified atom stereocenters. The van der Waals surface area contributed by atoms with E-state index in [-0.39, 0.29) is 0 Å². The molecule has 1 N–H and O–H groups in total. The van der Waals surface area contributed by atoms with Gasteiger partial charge >= 0.3 is 0 Å². The topological polar surface area (TPSA) is 12.0 Å². The highest BCUT2D eigenvalue weighted by Gasteiger charge is 2.61. The van der Waals surface area contributed by atoms with Crippen molar-refractivity contribution in [3.8, 4) is 0 Å². The lowest BCUT2D eigenvalue weighted by atomic mass is 9.68. The van der Waals surface area contributed by atoms with E-state index in [1.54, 1.807) is 0 Å². The van der Waals surface area contributed by atoms with Crippen molar-refractivity contribution in [1.82, 2.24) is 5.32 Å². The highest BCUT2D eigenvalue weighted by molar-refractivity contribution is 5.13. The molecule has 0 saturated heterocycles. The Bertz CT molecular complexity index is 315. The summed E-state index contributed by atoms with van der Waals surface area (Å²) in [5.74, 6) is 0.971. The number of hydrogen-bond donors (Lipinski definition) is 1. The molecule has 3 saturated carbocycles. The third-order valence-electron chi connectivity index (χ3n) is 7.13. The zero-order valence-electron chi connectivity index (χ0n) is 12.1. The molecule has 1 nitrogen and oxygen atoms in total. The van der Waals surface area contributed by atoms with E-state index in [0.717, 1.165) is 12.0 Å². The van der Waals surface area contributed by atoms with Crippen molar-refractivity contribution in [3.63, 3.8) is 0 Å². The predicted octanol–water partition coefficient (Wildman–Crippen LogP) is 3.98. The molecule has 0 aliphatic heterocycles. The molecule has 3 aliphatic rings. The lowest BCUT2D eigenvalue weighted by Crippen LogP contribution is -2.49. The molecule has 1 heteroatoms. The molecule has 3 fully saturated rings. The molecule has 3 aliphatic carbocycles. The summed E-state index contributed by atoms with van der Waals surface area (Å²) in [5.41, 5.74) is 1.74. The predicted molar refractivity (Wildman–Crippen MR) is 73.0 cm³/mol. The van der Waals surface area contributed by atoms with Crippen LogP contribution in [0.3, 0.4) is 0 Å². The third kappa shape index (κ3) is 1.54. The number of hydrogen-bond acceptors (Lipinski definition) is 1. The first-order chi connectivity index (χ1) is 7.87. The Kier molecular flexibility index (Phi) is 2.47. The molecule has 0 amide bonds. The Labute approximate surface area is 107 Å². The summed E-state index contributed by atoms with van der Waals surface area (Å²) in [5, 5.41) is 3.95. The maximum Gasteiger partial charge on any atom is 0.0129 e. The van der Waals surface area contributed by atoms with Crippen LogP contribution in [-0.4, -0.2) is 12.6 Å². The lowest BCUT2D eigenvalue weighted by Gasteiger charge is -2.44. The Balaban J connectivity index is 1.66. The van der Waals surface area contributed by atoms with Crippen LogP contribution in [0.1, 0.15) is 66.2 Å². The smallest absolute Gasteiger partial charge is 0.0129 e. The minimum absolute atomic E-state index is 0.553. The summed E-state index contributed by atoms with van der Waals surface area (Å²) in [6, 6.07) is 0.786. The molecule has 17 heavy (non-hydrogen) atoms. The Hall–Kier alpha value is -0.0400. The summed E-state index contributed by atoms with van der Waals surface area (Å²) < 4.78 is 0. The maximum atomic E-state index is 3.95. The van der Waals surface area contributed by atoms with Crippen LogP contribution in [-0.2, 0) is 0 Å².